The van der Waals surface area contributed by atoms with Crippen LogP contribution in [0.3, 0.4) is 0 Å². The molecule has 3 nitrogen and oxygen atoms in total. The molecule has 0 unspecified atom stereocenters. The zero-order valence-corrected chi connectivity index (χ0v) is 18.4. The minimum absolute atomic E-state index is 0. The van der Waals surface area contributed by atoms with Gasteiger partial charge in [0.25, 0.3) is 0 Å². The minimum Gasteiger partial charge on any atom is -0.254 e. The quantitative estimate of drug-likeness (QED) is 0.397. The van der Waals surface area contributed by atoms with Crippen LogP contribution in [-0.4, -0.2) is 17.4 Å². The van der Waals surface area contributed by atoms with Crippen LogP contribution in [0, 0.1) is 0 Å². The van der Waals surface area contributed by atoms with Crippen molar-refractivity contribution in [1.29, 1.82) is 0 Å². The molecule has 0 aliphatic rings. The predicted octanol–water partition coefficient (Wildman–Crippen LogP) is 6.83. The average Bonchev–Trinajstić information content (AvgIpc) is 2.71. The SMILES string of the molecule is CC(C)c1ccccc1N=Cc1cccc(C=Nc2ccccc2C(C)C)n1.[Co]. The van der Waals surface area contributed by atoms with Crippen molar-refractivity contribution in [2.24, 2.45) is 9.98 Å². The van der Waals surface area contributed by atoms with Gasteiger partial charge in [0.05, 0.1) is 35.2 Å². The molecule has 0 N–H and O–H groups in total. The zero-order valence-electron chi connectivity index (χ0n) is 17.3. The van der Waals surface area contributed by atoms with Gasteiger partial charge < -0.3 is 0 Å². The van der Waals surface area contributed by atoms with Crippen molar-refractivity contribution >= 4 is 23.8 Å². The molecule has 1 heterocycles. The number of hydrogen-bond acceptors (Lipinski definition) is 3. The molecule has 0 saturated carbocycles. The number of pyridine rings is 1. The van der Waals surface area contributed by atoms with Crippen LogP contribution in [-0.2, 0) is 16.8 Å². The van der Waals surface area contributed by atoms with Crippen LogP contribution in [0.15, 0.2) is 76.7 Å². The predicted molar refractivity (Wildman–Crippen MR) is 120 cm³/mol. The van der Waals surface area contributed by atoms with Crippen molar-refractivity contribution in [2.45, 2.75) is 39.5 Å². The number of nitrogens with zero attached hydrogens (tertiary/aromatic N) is 3. The summed E-state index contributed by atoms with van der Waals surface area (Å²) in [5.41, 5.74) is 6.09. The van der Waals surface area contributed by atoms with Crippen LogP contribution in [0.25, 0.3) is 0 Å². The number of para-hydroxylation sites is 2. The van der Waals surface area contributed by atoms with Gasteiger partial charge in [0.2, 0.25) is 0 Å². The Kier molecular flexibility index (Phi) is 8.49. The molecule has 1 radical (unpaired) electrons. The molecule has 4 heteroatoms. The van der Waals surface area contributed by atoms with E-state index in [-0.39, 0.29) is 16.8 Å². The van der Waals surface area contributed by atoms with Crippen LogP contribution in [0.5, 0.6) is 0 Å². The fourth-order valence-electron chi connectivity index (χ4n) is 3.07. The van der Waals surface area contributed by atoms with E-state index in [1.807, 2.05) is 54.9 Å². The molecule has 0 bridgehead atoms. The van der Waals surface area contributed by atoms with Crippen molar-refractivity contribution < 1.29 is 16.8 Å². The topological polar surface area (TPSA) is 37.6 Å². The summed E-state index contributed by atoms with van der Waals surface area (Å²) in [5.74, 6) is 0.863. The van der Waals surface area contributed by atoms with E-state index in [9.17, 15) is 0 Å². The van der Waals surface area contributed by atoms with Gasteiger partial charge in [-0.3, -0.25) is 9.98 Å². The Balaban J connectivity index is 0.00000300. The Hall–Kier alpha value is -2.56. The van der Waals surface area contributed by atoms with Crippen molar-refractivity contribution in [3.8, 4) is 0 Å². The third kappa shape index (κ3) is 6.21. The Labute approximate surface area is 184 Å². The number of benzene rings is 2. The first-order chi connectivity index (χ1) is 13.5. The van der Waals surface area contributed by atoms with Gasteiger partial charge in [-0.25, -0.2) is 4.98 Å². The monoisotopic (exact) mass is 428 g/mol. The van der Waals surface area contributed by atoms with Crippen molar-refractivity contribution in [3.05, 3.63) is 89.2 Å². The van der Waals surface area contributed by atoms with Gasteiger partial charge in [-0.2, -0.15) is 0 Å². The largest absolute Gasteiger partial charge is 0.254 e. The average molecular weight is 428 g/mol. The van der Waals surface area contributed by atoms with E-state index in [2.05, 4.69) is 66.9 Å². The molecule has 0 atom stereocenters. The van der Waals surface area contributed by atoms with Crippen molar-refractivity contribution in [2.75, 3.05) is 0 Å². The van der Waals surface area contributed by atoms with Crippen LogP contribution in [0.2, 0.25) is 0 Å². The molecular weight excluding hydrogens is 401 g/mol. The van der Waals surface area contributed by atoms with E-state index in [4.69, 9.17) is 0 Å². The molecule has 1 aromatic heterocycles. The summed E-state index contributed by atoms with van der Waals surface area (Å²) in [6, 6.07) is 22.4. The van der Waals surface area contributed by atoms with Gasteiger partial charge in [0.1, 0.15) is 0 Å². The van der Waals surface area contributed by atoms with Crippen LogP contribution in [0.4, 0.5) is 11.4 Å². The third-order valence-corrected chi connectivity index (χ3v) is 4.58. The normalized spacial score (nSPS) is 11.5. The van der Waals surface area contributed by atoms with Gasteiger partial charge in [-0.15, -0.1) is 0 Å². The van der Waals surface area contributed by atoms with E-state index in [0.29, 0.717) is 11.8 Å². The molecule has 0 aliphatic carbocycles. The standard InChI is InChI=1S/C25H27N3.Co/c1-18(2)22-12-5-7-14-24(22)26-16-20-10-9-11-21(28-20)17-27-25-15-8-6-13-23(25)19(3)4;/h5-19H,1-4H3;. The maximum atomic E-state index is 4.66. The number of hydrogen-bond donors (Lipinski definition) is 0. The van der Waals surface area contributed by atoms with Gasteiger partial charge in [0.15, 0.2) is 0 Å². The summed E-state index contributed by atoms with van der Waals surface area (Å²) < 4.78 is 0. The molecule has 2 aromatic carbocycles. The maximum absolute atomic E-state index is 4.66. The summed E-state index contributed by atoms with van der Waals surface area (Å²) >= 11 is 0. The van der Waals surface area contributed by atoms with Gasteiger partial charge in [0, 0.05) is 16.8 Å². The number of aliphatic imine (C=N–C) groups is 2. The van der Waals surface area contributed by atoms with Gasteiger partial charge in [-0.05, 0) is 47.2 Å². The van der Waals surface area contributed by atoms with Crippen LogP contribution >= 0.6 is 0 Å². The number of aromatic nitrogens is 1. The van der Waals surface area contributed by atoms with Crippen LogP contribution in [0.1, 0.15) is 62.0 Å². The first-order valence-electron chi connectivity index (χ1n) is 9.77. The van der Waals surface area contributed by atoms with Gasteiger partial charge in [-0.1, -0.05) is 70.2 Å². The minimum atomic E-state index is 0. The van der Waals surface area contributed by atoms with Crippen molar-refractivity contribution in [1.82, 2.24) is 4.98 Å². The fraction of sp³-hybridized carbons (Fsp3) is 0.240. The molecule has 29 heavy (non-hydrogen) atoms. The smallest absolute Gasteiger partial charge is 0.0820 e. The molecule has 0 aliphatic heterocycles. The molecule has 151 valence electrons. The van der Waals surface area contributed by atoms with Crippen LogP contribution < -0.4 is 0 Å². The summed E-state index contributed by atoms with van der Waals surface area (Å²) in [4.78, 5) is 14.0. The van der Waals surface area contributed by atoms with Crippen molar-refractivity contribution in [3.63, 3.8) is 0 Å². The zero-order chi connectivity index (χ0) is 19.9. The molecule has 0 amide bonds. The van der Waals surface area contributed by atoms with E-state index in [1.54, 1.807) is 0 Å². The van der Waals surface area contributed by atoms with E-state index < -0.39 is 0 Å². The van der Waals surface area contributed by atoms with Gasteiger partial charge >= 0.3 is 0 Å². The second-order valence-electron chi connectivity index (χ2n) is 7.43. The molecule has 3 aromatic rings. The molecular formula is C25H27CoN3. The second-order valence-corrected chi connectivity index (χ2v) is 7.43. The second kappa shape index (κ2) is 10.8. The van der Waals surface area contributed by atoms with E-state index in [0.717, 1.165) is 22.8 Å². The molecule has 0 spiro atoms. The Morgan fingerprint density at radius 1 is 0.621 bits per heavy atom. The molecule has 3 rings (SSSR count). The number of rotatable bonds is 6. The first kappa shape index (κ1) is 22.7. The molecule has 0 saturated heterocycles. The summed E-state index contributed by atoms with van der Waals surface area (Å²) in [7, 11) is 0. The fourth-order valence-corrected chi connectivity index (χ4v) is 3.07. The summed E-state index contributed by atoms with van der Waals surface area (Å²) in [6.45, 7) is 8.72. The molecule has 0 fully saturated rings. The summed E-state index contributed by atoms with van der Waals surface area (Å²) in [5, 5.41) is 0. The Morgan fingerprint density at radius 2 is 1.03 bits per heavy atom. The van der Waals surface area contributed by atoms with E-state index >= 15 is 0 Å². The Bertz CT molecular complexity index is 914. The Morgan fingerprint density at radius 3 is 1.45 bits per heavy atom. The maximum Gasteiger partial charge on any atom is 0.0820 e. The summed E-state index contributed by atoms with van der Waals surface area (Å²) in [6.07, 6.45) is 3.64. The first-order valence-corrected chi connectivity index (χ1v) is 9.77. The van der Waals surface area contributed by atoms with E-state index in [1.165, 1.54) is 11.1 Å². The third-order valence-electron chi connectivity index (χ3n) is 4.58.